The Balaban J connectivity index is 0.703. The van der Waals surface area contributed by atoms with Crippen LogP contribution in [-0.2, 0) is 28.6 Å². The number of amides is 5. The van der Waals surface area contributed by atoms with E-state index in [2.05, 4.69) is 39.7 Å². The van der Waals surface area contributed by atoms with Gasteiger partial charge in [-0.2, -0.15) is 0 Å². The zero-order chi connectivity index (χ0) is 46.5. The van der Waals surface area contributed by atoms with Crippen LogP contribution in [0.3, 0.4) is 0 Å². The van der Waals surface area contributed by atoms with Gasteiger partial charge in [0.05, 0.1) is 67.9 Å². The number of ether oxygens (including phenoxy) is 4. The second-order valence-electron chi connectivity index (χ2n) is 16.3. The molecule has 4 aliphatic rings. The van der Waals surface area contributed by atoms with Crippen LogP contribution in [0.5, 0.6) is 5.75 Å². The third-order valence-electron chi connectivity index (χ3n) is 11.9. The predicted molar refractivity (Wildman–Crippen MR) is 244 cm³/mol. The molecule has 1 spiro atoms. The average Bonchev–Trinajstić information content (AvgIpc) is 3.84. The first-order valence-corrected chi connectivity index (χ1v) is 22.9. The molecule has 5 amide bonds. The topological polar surface area (TPSA) is 231 Å². The molecule has 5 heterocycles. The molecule has 2 aromatic carbocycles. The van der Waals surface area contributed by atoms with Gasteiger partial charge in [-0.3, -0.25) is 48.7 Å². The van der Waals surface area contributed by atoms with E-state index in [0.29, 0.717) is 82.8 Å². The Morgan fingerprint density at radius 3 is 2.42 bits per heavy atom. The van der Waals surface area contributed by atoms with Crippen molar-refractivity contribution in [3.8, 4) is 10.8 Å². The fourth-order valence-corrected chi connectivity index (χ4v) is 9.48. The number of carbonyl (C=O) groups excluding carboxylic acids is 5. The number of carbonyl (C=O) groups is 5. The van der Waals surface area contributed by atoms with E-state index in [0.717, 1.165) is 38.1 Å². The van der Waals surface area contributed by atoms with Crippen molar-refractivity contribution in [2.45, 2.75) is 65.0 Å². The van der Waals surface area contributed by atoms with E-state index >= 15 is 0 Å². The molecule has 346 valence electrons. The van der Waals surface area contributed by atoms with Crippen molar-refractivity contribution in [1.82, 2.24) is 30.3 Å². The molecule has 4 aromatic rings. The number of halogens is 1. The molecule has 18 nitrogen and oxygen atoms in total. The van der Waals surface area contributed by atoms with Crippen molar-refractivity contribution in [2.75, 3.05) is 52.7 Å². The van der Waals surface area contributed by atoms with E-state index in [1.54, 1.807) is 17.4 Å². The van der Waals surface area contributed by atoms with E-state index in [1.165, 1.54) is 29.4 Å². The Morgan fingerprint density at radius 2 is 1.70 bits per heavy atom. The van der Waals surface area contributed by atoms with Gasteiger partial charge in [0.2, 0.25) is 17.7 Å². The van der Waals surface area contributed by atoms with Gasteiger partial charge in [-0.1, -0.05) is 29.8 Å². The summed E-state index contributed by atoms with van der Waals surface area (Å²) in [4.78, 5) is 76.7. The molecule has 1 saturated heterocycles. The number of thiophene rings is 1. The molecule has 8 rings (SSSR count). The quantitative estimate of drug-likeness (QED) is 0.0482. The van der Waals surface area contributed by atoms with Gasteiger partial charge >= 0.3 is 0 Å². The number of nitrogens with one attached hydrogen (secondary N) is 2. The molecule has 1 aliphatic carbocycles. The maximum absolute atomic E-state index is 13.6. The number of aliphatic imine (C=N–C) groups is 2. The summed E-state index contributed by atoms with van der Waals surface area (Å²) < 4.78 is 24.8. The van der Waals surface area contributed by atoms with Gasteiger partial charge in [0.1, 0.15) is 28.7 Å². The number of benzene rings is 2. The molecule has 3 aliphatic heterocycles. The van der Waals surface area contributed by atoms with Crippen LogP contribution in [-0.4, -0.2) is 120 Å². The highest BCUT2D eigenvalue weighted by Crippen LogP contribution is 2.52. The smallest absolute Gasteiger partial charge is 0.266 e. The summed E-state index contributed by atoms with van der Waals surface area (Å²) in [6.07, 6.45) is 4.61. The van der Waals surface area contributed by atoms with Crippen LogP contribution < -0.4 is 21.1 Å². The third kappa shape index (κ3) is 9.71. The van der Waals surface area contributed by atoms with Gasteiger partial charge < -0.3 is 30.0 Å². The Bertz CT molecular complexity index is 2640. The molecule has 2 aromatic heterocycles. The number of nitrogens with two attached hydrogens (primary N) is 1. The lowest BCUT2D eigenvalue weighted by atomic mass is 9.90. The van der Waals surface area contributed by atoms with E-state index in [9.17, 15) is 24.0 Å². The van der Waals surface area contributed by atoms with Crippen molar-refractivity contribution < 1.29 is 42.9 Å². The number of piperidine rings is 1. The first-order valence-electron chi connectivity index (χ1n) is 21.7. The largest absolute Gasteiger partial charge is 0.453 e. The van der Waals surface area contributed by atoms with Crippen LogP contribution >= 0.6 is 22.9 Å². The molecule has 20 heteroatoms. The van der Waals surface area contributed by atoms with Crippen LogP contribution in [0.15, 0.2) is 64.4 Å². The number of rotatable bonds is 20. The number of fused-ring (bicyclic) bond motifs is 4. The maximum atomic E-state index is 13.6. The summed E-state index contributed by atoms with van der Waals surface area (Å²) in [6.45, 7) is 8.98. The van der Waals surface area contributed by atoms with Crippen LogP contribution in [0.25, 0.3) is 5.00 Å². The standard InChI is InChI=1S/C46H50ClN9O9S/c1-26-27(2)66-44-37(26)39(29-8-10-30(47)11-9-29)51-33(40-54-53-28(3)55(40)44)22-36(57)50-15-17-63-19-21-64-20-18-62-16-5-14-49-25-31(24-48)65-35-7-4-6-32-38(35)43(60)56(42(32)59)34-23-46(12-13-46)45(61)52-41(34)58/h4,6-11,24-25,33-34H,5,12-23,48H2,1-3H3,(H,50,57)(H,52,58,61)/t33-,34?/m0/s1. The minimum Gasteiger partial charge on any atom is -0.453 e. The first kappa shape index (κ1) is 46.4. The van der Waals surface area contributed by atoms with Crippen molar-refractivity contribution >= 4 is 64.4 Å². The third-order valence-corrected chi connectivity index (χ3v) is 13.4. The minimum absolute atomic E-state index is 0.0174. The lowest BCUT2D eigenvalue weighted by Crippen LogP contribution is -2.58. The summed E-state index contributed by atoms with van der Waals surface area (Å²) in [6, 6.07) is 10.5. The Morgan fingerprint density at radius 1 is 0.970 bits per heavy atom. The highest BCUT2D eigenvalue weighted by atomic mass is 35.5. The van der Waals surface area contributed by atoms with Crippen LogP contribution in [0.2, 0.25) is 5.02 Å². The summed E-state index contributed by atoms with van der Waals surface area (Å²) in [5, 5.41) is 15.7. The number of allylic oxidation sites excluding steroid dienone is 1. The number of aromatic nitrogens is 3. The van der Waals surface area contributed by atoms with E-state index < -0.39 is 35.2 Å². The Labute approximate surface area is 389 Å². The molecule has 0 bridgehead atoms. The van der Waals surface area contributed by atoms with Gasteiger partial charge in [-0.25, -0.2) is 0 Å². The van der Waals surface area contributed by atoms with Gasteiger partial charge in [-0.05, 0) is 76.3 Å². The minimum atomic E-state index is -1.09. The number of nitrogens with zero attached hydrogens (tertiary/aromatic N) is 6. The fraction of sp³-hybridized carbons (Fsp3) is 0.413. The summed E-state index contributed by atoms with van der Waals surface area (Å²) >= 11 is 7.88. The van der Waals surface area contributed by atoms with Crippen LogP contribution in [0, 0.1) is 26.2 Å². The summed E-state index contributed by atoms with van der Waals surface area (Å²) in [5.41, 5.74) is 9.02. The molecule has 1 unspecified atom stereocenters. The summed E-state index contributed by atoms with van der Waals surface area (Å²) in [5.74, 6) is -0.920. The molecule has 2 atom stereocenters. The second-order valence-corrected chi connectivity index (χ2v) is 18.0. The van der Waals surface area contributed by atoms with Crippen molar-refractivity contribution in [2.24, 2.45) is 21.1 Å². The molecule has 4 N–H and O–H groups in total. The van der Waals surface area contributed by atoms with Gasteiger partial charge in [0, 0.05) is 46.9 Å². The molecule has 0 radical (unpaired) electrons. The van der Waals surface area contributed by atoms with E-state index in [4.69, 9.17) is 41.3 Å². The monoisotopic (exact) mass is 939 g/mol. The first-order chi connectivity index (χ1) is 31.9. The van der Waals surface area contributed by atoms with Gasteiger partial charge in [0.25, 0.3) is 11.8 Å². The highest BCUT2D eigenvalue weighted by Gasteiger charge is 2.59. The highest BCUT2D eigenvalue weighted by molar-refractivity contribution is 7.15. The fourth-order valence-electron chi connectivity index (χ4n) is 8.14. The number of imide groups is 2. The molecule has 66 heavy (non-hydrogen) atoms. The normalized spacial score (nSPS) is 18.6. The van der Waals surface area contributed by atoms with Gasteiger partial charge in [-0.15, -0.1) is 21.5 Å². The molecular weight excluding hydrogens is 890 g/mol. The molecular formula is C46H50ClN9O9S. The maximum Gasteiger partial charge on any atom is 0.266 e. The summed E-state index contributed by atoms with van der Waals surface area (Å²) in [7, 11) is 0. The number of aryl methyl sites for hydroxylation is 2. The van der Waals surface area contributed by atoms with E-state index in [1.807, 2.05) is 35.8 Å². The molecule has 1 saturated carbocycles. The Kier molecular flexibility index (Phi) is 14.2. The Hall–Kier alpha value is -6.12. The zero-order valence-corrected chi connectivity index (χ0v) is 38.3. The van der Waals surface area contributed by atoms with Crippen LogP contribution in [0.4, 0.5) is 0 Å². The average molecular weight is 940 g/mol. The second kappa shape index (κ2) is 20.2. The van der Waals surface area contributed by atoms with Crippen molar-refractivity contribution in [3.05, 3.63) is 104 Å². The lowest BCUT2D eigenvalue weighted by Gasteiger charge is -2.32. The van der Waals surface area contributed by atoms with Crippen molar-refractivity contribution in [1.29, 1.82) is 0 Å². The lowest BCUT2D eigenvalue weighted by molar-refractivity contribution is -0.141. The SMILES string of the molecule is Cc1sc2c(c1C)C(c1ccc(Cl)cc1)=N[C@@H](CC(=O)NCCOCCOCCOCCCN=CC(=CN)Oc1cccc3c1C(=O)N(C1CC4(CC4)C(=O)NC1=O)C3=O)c1nnc(C)n1-2. The number of hydrogen-bond donors (Lipinski definition) is 3. The van der Waals surface area contributed by atoms with E-state index in [-0.39, 0.29) is 47.3 Å². The van der Waals surface area contributed by atoms with Gasteiger partial charge in [0.15, 0.2) is 11.6 Å². The molecule has 2 fully saturated rings. The van der Waals surface area contributed by atoms with Crippen molar-refractivity contribution in [3.63, 3.8) is 0 Å². The predicted octanol–water partition coefficient (Wildman–Crippen LogP) is 4.49. The number of hydrogen-bond acceptors (Lipinski definition) is 15. The zero-order valence-electron chi connectivity index (χ0n) is 36.8. The van der Waals surface area contributed by atoms with Crippen LogP contribution in [0.1, 0.15) is 92.1 Å².